The fraction of sp³-hybridized carbons (Fsp3) is 0.0769. The number of rotatable bonds is 1. The van der Waals surface area contributed by atoms with Gasteiger partial charge in [-0.15, -0.1) is 0 Å². The lowest BCUT2D eigenvalue weighted by molar-refractivity contribution is 0.972. The molecule has 0 bridgehead atoms. The summed E-state index contributed by atoms with van der Waals surface area (Å²) in [4.78, 5) is 8.37. The van der Waals surface area contributed by atoms with E-state index >= 15 is 0 Å². The van der Waals surface area contributed by atoms with Gasteiger partial charge in [0.25, 0.3) is 0 Å². The molecule has 0 fully saturated rings. The van der Waals surface area contributed by atoms with Crippen LogP contribution in [0.25, 0.3) is 16.7 Å². The fourth-order valence-electron chi connectivity index (χ4n) is 2.04. The zero-order valence-corrected chi connectivity index (χ0v) is 10.0. The molecule has 3 nitrogen and oxygen atoms in total. The predicted octanol–water partition coefficient (Wildman–Crippen LogP) is 3.38. The van der Waals surface area contributed by atoms with Gasteiger partial charge >= 0.3 is 0 Å². The van der Waals surface area contributed by atoms with E-state index in [-0.39, 0.29) is 0 Å². The Labute approximate surface area is 104 Å². The van der Waals surface area contributed by atoms with Crippen molar-refractivity contribution < 1.29 is 0 Å². The maximum absolute atomic E-state index is 5.88. The average molecular weight is 244 g/mol. The molecule has 17 heavy (non-hydrogen) atoms. The number of para-hydroxylation sites is 1. The van der Waals surface area contributed by atoms with E-state index in [1.165, 1.54) is 11.6 Å². The van der Waals surface area contributed by atoms with E-state index in [1.807, 2.05) is 23.6 Å². The van der Waals surface area contributed by atoms with E-state index in [9.17, 15) is 0 Å². The van der Waals surface area contributed by atoms with Gasteiger partial charge in [0.2, 0.25) is 0 Å². The van der Waals surface area contributed by atoms with Crippen molar-refractivity contribution in [1.29, 1.82) is 0 Å². The van der Waals surface area contributed by atoms with Crippen molar-refractivity contribution in [2.45, 2.75) is 6.92 Å². The lowest BCUT2D eigenvalue weighted by atomic mass is 10.2. The van der Waals surface area contributed by atoms with E-state index < -0.39 is 0 Å². The Morgan fingerprint density at radius 2 is 2.00 bits per heavy atom. The molecule has 0 saturated carbocycles. The van der Waals surface area contributed by atoms with Crippen LogP contribution in [0, 0.1) is 6.92 Å². The van der Waals surface area contributed by atoms with E-state index in [1.54, 1.807) is 6.20 Å². The summed E-state index contributed by atoms with van der Waals surface area (Å²) < 4.78 is 2.05. The van der Waals surface area contributed by atoms with Gasteiger partial charge in [-0.1, -0.05) is 29.8 Å². The number of hydrogen-bond donors (Lipinski definition) is 0. The Morgan fingerprint density at radius 1 is 1.18 bits per heavy atom. The minimum atomic E-state index is 0.402. The second-order valence-corrected chi connectivity index (χ2v) is 4.27. The van der Waals surface area contributed by atoms with Crippen LogP contribution in [0.15, 0.2) is 42.7 Å². The van der Waals surface area contributed by atoms with Crippen LogP contribution in [-0.2, 0) is 0 Å². The van der Waals surface area contributed by atoms with Gasteiger partial charge in [0.05, 0.1) is 17.9 Å². The molecule has 0 aliphatic rings. The predicted molar refractivity (Wildman–Crippen MR) is 68.6 cm³/mol. The lowest BCUT2D eigenvalue weighted by Gasteiger charge is -2.06. The highest BCUT2D eigenvalue weighted by Crippen LogP contribution is 2.22. The number of nitrogens with zero attached hydrogens (tertiary/aromatic N) is 3. The van der Waals surface area contributed by atoms with Gasteiger partial charge in [-0.3, -0.25) is 9.55 Å². The van der Waals surface area contributed by atoms with Crippen LogP contribution in [0.5, 0.6) is 0 Å². The number of fused-ring (bicyclic) bond motifs is 1. The first kappa shape index (κ1) is 10.3. The molecule has 0 spiro atoms. The summed E-state index contributed by atoms with van der Waals surface area (Å²) in [6, 6.07) is 10.3. The standard InChI is InChI=1S/C13H10ClN3/c1-9-6-10-4-2-3-5-11(10)17(9)13-8-15-7-12(14)16-13/h2-8H,1H3. The number of benzene rings is 1. The van der Waals surface area contributed by atoms with Crippen LogP contribution in [0.1, 0.15) is 5.69 Å². The molecular weight excluding hydrogens is 234 g/mol. The topological polar surface area (TPSA) is 30.7 Å². The molecular formula is C13H10ClN3. The van der Waals surface area contributed by atoms with Crippen LogP contribution in [0.4, 0.5) is 0 Å². The molecule has 0 aliphatic carbocycles. The largest absolute Gasteiger partial charge is 0.297 e. The van der Waals surface area contributed by atoms with Gasteiger partial charge in [0.1, 0.15) is 5.15 Å². The Bertz CT molecular complexity index is 688. The second-order valence-electron chi connectivity index (χ2n) is 3.88. The molecule has 1 aromatic carbocycles. The Morgan fingerprint density at radius 3 is 2.82 bits per heavy atom. The molecule has 4 heteroatoms. The summed E-state index contributed by atoms with van der Waals surface area (Å²) in [6.45, 7) is 2.04. The molecule has 0 aliphatic heterocycles. The zero-order valence-electron chi connectivity index (χ0n) is 9.26. The Kier molecular flexibility index (Phi) is 2.34. The molecule has 3 rings (SSSR count). The fourth-order valence-corrected chi connectivity index (χ4v) is 2.18. The Balaban J connectivity index is 2.33. The van der Waals surface area contributed by atoms with Crippen molar-refractivity contribution >= 4 is 22.5 Å². The highest BCUT2D eigenvalue weighted by atomic mass is 35.5. The van der Waals surface area contributed by atoms with Gasteiger partial charge in [-0.05, 0) is 19.1 Å². The van der Waals surface area contributed by atoms with Gasteiger partial charge in [0, 0.05) is 11.1 Å². The summed E-state index contributed by atoms with van der Waals surface area (Å²) in [5, 5.41) is 1.59. The molecule has 0 saturated heterocycles. The molecule has 0 amide bonds. The minimum Gasteiger partial charge on any atom is -0.297 e. The van der Waals surface area contributed by atoms with Crippen molar-refractivity contribution in [2.24, 2.45) is 0 Å². The highest BCUT2D eigenvalue weighted by Gasteiger charge is 2.08. The van der Waals surface area contributed by atoms with E-state index in [4.69, 9.17) is 11.6 Å². The third-order valence-corrected chi connectivity index (χ3v) is 2.90. The second kappa shape index (κ2) is 3.86. The molecule has 0 N–H and O–H groups in total. The van der Waals surface area contributed by atoms with Crippen LogP contribution >= 0.6 is 11.6 Å². The zero-order chi connectivity index (χ0) is 11.8. The molecule has 0 radical (unpaired) electrons. The summed E-state index contributed by atoms with van der Waals surface area (Å²) >= 11 is 5.88. The first-order valence-electron chi connectivity index (χ1n) is 5.31. The third-order valence-electron chi connectivity index (χ3n) is 2.72. The molecule has 0 atom stereocenters. The van der Waals surface area contributed by atoms with Crippen LogP contribution in [-0.4, -0.2) is 14.5 Å². The first-order valence-corrected chi connectivity index (χ1v) is 5.68. The van der Waals surface area contributed by atoms with Crippen LogP contribution < -0.4 is 0 Å². The van der Waals surface area contributed by atoms with Gasteiger partial charge in [-0.2, -0.15) is 0 Å². The molecule has 2 aromatic heterocycles. The van der Waals surface area contributed by atoms with Gasteiger partial charge in [-0.25, -0.2) is 4.98 Å². The number of aromatic nitrogens is 3. The normalized spacial score (nSPS) is 10.9. The van der Waals surface area contributed by atoms with Crippen LogP contribution in [0.2, 0.25) is 5.15 Å². The number of aryl methyl sites for hydroxylation is 1. The summed E-state index contributed by atoms with van der Waals surface area (Å²) in [6.07, 6.45) is 3.25. The molecule has 3 aromatic rings. The smallest absolute Gasteiger partial charge is 0.157 e. The summed E-state index contributed by atoms with van der Waals surface area (Å²) in [5.74, 6) is 0.746. The highest BCUT2D eigenvalue weighted by molar-refractivity contribution is 6.29. The summed E-state index contributed by atoms with van der Waals surface area (Å²) in [7, 11) is 0. The average Bonchev–Trinajstić information content (AvgIpc) is 2.64. The van der Waals surface area contributed by atoms with Crippen molar-refractivity contribution in [2.75, 3.05) is 0 Å². The number of hydrogen-bond acceptors (Lipinski definition) is 2. The maximum atomic E-state index is 5.88. The van der Waals surface area contributed by atoms with E-state index in [0.717, 1.165) is 17.0 Å². The minimum absolute atomic E-state index is 0.402. The maximum Gasteiger partial charge on any atom is 0.157 e. The van der Waals surface area contributed by atoms with Crippen molar-refractivity contribution in [3.63, 3.8) is 0 Å². The molecule has 2 heterocycles. The summed E-state index contributed by atoms with van der Waals surface area (Å²) in [5.41, 5.74) is 2.23. The monoisotopic (exact) mass is 243 g/mol. The van der Waals surface area contributed by atoms with Crippen molar-refractivity contribution in [3.8, 4) is 5.82 Å². The van der Waals surface area contributed by atoms with Gasteiger partial charge < -0.3 is 0 Å². The Hall–Kier alpha value is -1.87. The molecule has 84 valence electrons. The quantitative estimate of drug-likeness (QED) is 0.656. The van der Waals surface area contributed by atoms with Crippen molar-refractivity contribution in [1.82, 2.24) is 14.5 Å². The van der Waals surface area contributed by atoms with Crippen molar-refractivity contribution in [3.05, 3.63) is 53.6 Å². The molecule has 0 unspecified atom stereocenters. The van der Waals surface area contributed by atoms with Crippen LogP contribution in [0.3, 0.4) is 0 Å². The van der Waals surface area contributed by atoms with E-state index in [0.29, 0.717) is 5.15 Å². The lowest BCUT2D eigenvalue weighted by Crippen LogP contribution is -2.00. The first-order chi connectivity index (χ1) is 8.25. The number of halogens is 1. The van der Waals surface area contributed by atoms with E-state index in [2.05, 4.69) is 28.2 Å². The SMILES string of the molecule is Cc1cc2ccccc2n1-c1cncc(Cl)n1. The van der Waals surface area contributed by atoms with Gasteiger partial charge in [0.15, 0.2) is 5.82 Å². The third kappa shape index (κ3) is 1.68.